The Morgan fingerprint density at radius 3 is 2.47 bits per heavy atom. The number of nitrogen functional groups attached to an aromatic ring is 2. The minimum Gasteiger partial charge on any atom is -0.495 e. The molecule has 164 valence electrons. The zero-order valence-electron chi connectivity index (χ0n) is 18.3. The van der Waals surface area contributed by atoms with Crippen molar-refractivity contribution in [2.75, 3.05) is 56.7 Å². The molecule has 0 bridgehead atoms. The topological polar surface area (TPSA) is 97.9 Å². The summed E-state index contributed by atoms with van der Waals surface area (Å²) in [7, 11) is 3.76. The number of nitrogens with zero attached hydrogens (tertiary/aromatic N) is 5. The Labute approximate surface area is 187 Å². The molecule has 0 unspecified atom stereocenters. The normalized spacial score (nSPS) is 14.8. The van der Waals surface area contributed by atoms with Crippen LogP contribution in [-0.2, 0) is 0 Å². The first-order chi connectivity index (χ1) is 15.5. The van der Waals surface area contributed by atoms with Gasteiger partial charge in [-0.3, -0.25) is 0 Å². The number of ether oxygens (including phenoxy) is 1. The third-order valence-electron chi connectivity index (χ3n) is 6.13. The lowest BCUT2D eigenvalue weighted by molar-refractivity contribution is 0.313. The van der Waals surface area contributed by atoms with Crippen LogP contribution in [0.25, 0.3) is 27.9 Å². The molecule has 32 heavy (non-hydrogen) atoms. The Kier molecular flexibility index (Phi) is 5.07. The largest absolute Gasteiger partial charge is 0.495 e. The van der Waals surface area contributed by atoms with Gasteiger partial charge >= 0.3 is 0 Å². The molecule has 2 aromatic heterocycles. The molecule has 3 heterocycles. The summed E-state index contributed by atoms with van der Waals surface area (Å²) in [4.78, 5) is 9.49. The Morgan fingerprint density at radius 1 is 0.906 bits per heavy atom. The predicted molar refractivity (Wildman–Crippen MR) is 129 cm³/mol. The average molecular weight is 430 g/mol. The van der Waals surface area contributed by atoms with Gasteiger partial charge in [0.2, 0.25) is 0 Å². The lowest BCUT2D eigenvalue weighted by Crippen LogP contribution is -2.44. The van der Waals surface area contributed by atoms with Crippen LogP contribution in [-0.4, -0.2) is 59.8 Å². The molecule has 4 aromatic rings. The fraction of sp³-hybridized carbons (Fsp3) is 0.250. The van der Waals surface area contributed by atoms with E-state index in [2.05, 4.69) is 46.2 Å². The number of anilines is 3. The molecule has 0 saturated carbocycles. The number of likely N-dealkylation sites (N-methyl/N-ethyl adjacent to an activating group) is 1. The van der Waals surface area contributed by atoms with Gasteiger partial charge in [0.25, 0.3) is 0 Å². The maximum absolute atomic E-state index is 6.51. The van der Waals surface area contributed by atoms with Crippen LogP contribution in [0.2, 0.25) is 0 Å². The van der Waals surface area contributed by atoms with E-state index in [0.29, 0.717) is 17.3 Å². The Bertz CT molecular complexity index is 1270. The number of hydrogen-bond acceptors (Lipinski definition) is 7. The Morgan fingerprint density at radius 2 is 1.69 bits per heavy atom. The highest BCUT2D eigenvalue weighted by atomic mass is 16.5. The summed E-state index contributed by atoms with van der Waals surface area (Å²) in [5, 5.41) is 4.55. The molecule has 0 amide bonds. The molecule has 1 saturated heterocycles. The van der Waals surface area contributed by atoms with E-state index in [0.717, 1.165) is 54.1 Å². The fourth-order valence-corrected chi connectivity index (χ4v) is 4.19. The van der Waals surface area contributed by atoms with Crippen LogP contribution < -0.4 is 21.1 Å². The molecule has 1 aliphatic heterocycles. The summed E-state index contributed by atoms with van der Waals surface area (Å²) in [6, 6.07) is 14.1. The molecule has 0 radical (unpaired) electrons. The number of benzene rings is 2. The molecule has 4 N–H and O–H groups in total. The second-order valence-corrected chi connectivity index (χ2v) is 8.15. The summed E-state index contributed by atoms with van der Waals surface area (Å²) in [6.07, 6.45) is 3.61. The Hall–Kier alpha value is -3.78. The molecular weight excluding hydrogens is 402 g/mol. The highest BCUT2D eigenvalue weighted by Crippen LogP contribution is 2.34. The van der Waals surface area contributed by atoms with Crippen LogP contribution in [0.15, 0.2) is 54.9 Å². The first-order valence-corrected chi connectivity index (χ1v) is 10.6. The highest BCUT2D eigenvalue weighted by molar-refractivity contribution is 5.84. The minimum atomic E-state index is 0.517. The first-order valence-electron chi connectivity index (χ1n) is 10.6. The molecule has 0 atom stereocenters. The molecule has 1 fully saturated rings. The van der Waals surface area contributed by atoms with E-state index in [1.165, 1.54) is 5.69 Å². The maximum atomic E-state index is 6.51. The van der Waals surface area contributed by atoms with E-state index < -0.39 is 0 Å². The monoisotopic (exact) mass is 429 g/mol. The van der Waals surface area contributed by atoms with Gasteiger partial charge in [0.15, 0.2) is 5.65 Å². The van der Waals surface area contributed by atoms with Crippen molar-refractivity contribution in [3.63, 3.8) is 0 Å². The third kappa shape index (κ3) is 3.48. The zero-order valence-corrected chi connectivity index (χ0v) is 18.3. The first kappa shape index (κ1) is 20.1. The summed E-state index contributed by atoms with van der Waals surface area (Å²) in [6.45, 7) is 4.18. The van der Waals surface area contributed by atoms with E-state index in [9.17, 15) is 0 Å². The number of rotatable bonds is 4. The van der Waals surface area contributed by atoms with E-state index in [-0.39, 0.29) is 0 Å². The lowest BCUT2D eigenvalue weighted by atomic mass is 10.1. The SMILES string of the molecule is COc1cc(-c2cnc3c(-c4cccc(N5CCN(C)CC5)c4)cnn3c2N)ccc1N. The molecule has 5 rings (SSSR count). The molecular formula is C24H27N7O. The number of hydrogen-bond donors (Lipinski definition) is 2. The average Bonchev–Trinajstić information content (AvgIpc) is 3.26. The number of fused-ring (bicyclic) bond motifs is 1. The third-order valence-corrected chi connectivity index (χ3v) is 6.13. The fourth-order valence-electron chi connectivity index (χ4n) is 4.19. The number of nitrogens with two attached hydrogens (primary N) is 2. The van der Waals surface area contributed by atoms with Crippen molar-refractivity contribution in [2.45, 2.75) is 0 Å². The number of piperazine rings is 1. The van der Waals surface area contributed by atoms with Crippen LogP contribution in [0.5, 0.6) is 5.75 Å². The van der Waals surface area contributed by atoms with E-state index in [1.54, 1.807) is 23.9 Å². The molecule has 0 spiro atoms. The summed E-state index contributed by atoms with van der Waals surface area (Å²) in [5.74, 6) is 1.12. The van der Waals surface area contributed by atoms with Gasteiger partial charge in [-0.2, -0.15) is 9.61 Å². The van der Waals surface area contributed by atoms with Crippen LogP contribution in [0, 0.1) is 0 Å². The number of aromatic nitrogens is 3. The molecule has 8 heteroatoms. The van der Waals surface area contributed by atoms with Crippen LogP contribution in [0.1, 0.15) is 0 Å². The van der Waals surface area contributed by atoms with Gasteiger partial charge in [-0.25, -0.2) is 4.98 Å². The van der Waals surface area contributed by atoms with Gasteiger partial charge in [0.1, 0.15) is 11.6 Å². The van der Waals surface area contributed by atoms with Crippen molar-refractivity contribution in [2.24, 2.45) is 0 Å². The van der Waals surface area contributed by atoms with Crippen molar-refractivity contribution >= 4 is 22.8 Å². The molecule has 8 nitrogen and oxygen atoms in total. The lowest BCUT2D eigenvalue weighted by Gasteiger charge is -2.34. The van der Waals surface area contributed by atoms with Crippen LogP contribution in [0.4, 0.5) is 17.2 Å². The Balaban J connectivity index is 1.52. The molecule has 1 aliphatic rings. The van der Waals surface area contributed by atoms with Gasteiger partial charge in [-0.15, -0.1) is 0 Å². The second kappa shape index (κ2) is 8.05. The van der Waals surface area contributed by atoms with Crippen molar-refractivity contribution in [3.05, 3.63) is 54.9 Å². The second-order valence-electron chi connectivity index (χ2n) is 8.15. The van der Waals surface area contributed by atoms with Gasteiger partial charge in [-0.1, -0.05) is 18.2 Å². The van der Waals surface area contributed by atoms with Crippen molar-refractivity contribution in [1.29, 1.82) is 0 Å². The van der Waals surface area contributed by atoms with Crippen molar-refractivity contribution < 1.29 is 4.74 Å². The standard InChI is InChI=1S/C24H27N7O/c1-29-8-10-30(11-9-29)18-5-3-4-16(12-18)20-15-28-31-23(26)19(14-27-24(20)31)17-6-7-21(25)22(13-17)32-2/h3-7,12-15H,8-11,25-26H2,1-2H3. The van der Waals surface area contributed by atoms with E-state index in [1.807, 2.05) is 18.3 Å². The summed E-state index contributed by atoms with van der Waals surface area (Å²) in [5.41, 5.74) is 18.7. The highest BCUT2D eigenvalue weighted by Gasteiger charge is 2.17. The minimum absolute atomic E-state index is 0.517. The van der Waals surface area contributed by atoms with Crippen molar-refractivity contribution in [3.8, 4) is 28.0 Å². The zero-order chi connectivity index (χ0) is 22.2. The van der Waals surface area contributed by atoms with Crippen LogP contribution >= 0.6 is 0 Å². The number of methoxy groups -OCH3 is 1. The predicted octanol–water partition coefficient (Wildman–Crippen LogP) is 2.99. The van der Waals surface area contributed by atoms with E-state index in [4.69, 9.17) is 21.2 Å². The maximum Gasteiger partial charge on any atom is 0.165 e. The van der Waals surface area contributed by atoms with Gasteiger partial charge < -0.3 is 26.0 Å². The van der Waals surface area contributed by atoms with Gasteiger partial charge in [-0.05, 0) is 42.4 Å². The van der Waals surface area contributed by atoms with E-state index >= 15 is 0 Å². The molecule has 0 aliphatic carbocycles. The van der Waals surface area contributed by atoms with Crippen LogP contribution in [0.3, 0.4) is 0 Å². The van der Waals surface area contributed by atoms with Gasteiger partial charge in [0, 0.05) is 49.2 Å². The smallest absolute Gasteiger partial charge is 0.165 e. The molecule has 2 aromatic carbocycles. The van der Waals surface area contributed by atoms with Crippen molar-refractivity contribution in [1.82, 2.24) is 19.5 Å². The summed E-state index contributed by atoms with van der Waals surface area (Å²) >= 11 is 0. The summed E-state index contributed by atoms with van der Waals surface area (Å²) < 4.78 is 7.04. The quantitative estimate of drug-likeness (QED) is 0.481. The van der Waals surface area contributed by atoms with Gasteiger partial charge in [0.05, 0.1) is 19.0 Å².